The van der Waals surface area contributed by atoms with E-state index in [1.165, 1.54) is 0 Å². The van der Waals surface area contributed by atoms with Crippen molar-refractivity contribution in [3.63, 3.8) is 0 Å². The van der Waals surface area contributed by atoms with Gasteiger partial charge in [0.15, 0.2) is 0 Å². The molecule has 0 atom stereocenters. The Balaban J connectivity index is 1.93. The second-order valence-electron chi connectivity index (χ2n) is 6.11. The van der Waals surface area contributed by atoms with Crippen LogP contribution in [0.2, 0.25) is 0 Å². The molecule has 4 nitrogen and oxygen atoms in total. The summed E-state index contributed by atoms with van der Waals surface area (Å²) in [5.74, 6) is 1.49. The van der Waals surface area contributed by atoms with Gasteiger partial charge in [0.25, 0.3) is 0 Å². The first kappa shape index (κ1) is 16.9. The highest BCUT2D eigenvalue weighted by molar-refractivity contribution is 5.80. The number of hydrogen-bond donors (Lipinski definition) is 0. The molecule has 0 saturated carbocycles. The van der Waals surface area contributed by atoms with Crippen molar-refractivity contribution in [3.8, 4) is 39.6 Å². The van der Waals surface area contributed by atoms with Gasteiger partial charge in [-0.3, -0.25) is 0 Å². The maximum Gasteiger partial charge on any atom is 0.144 e. The molecular formula is C23H20N2O2. The molecule has 0 aliphatic heterocycles. The normalized spacial score (nSPS) is 10.6. The van der Waals surface area contributed by atoms with E-state index in [9.17, 15) is 0 Å². The first-order valence-corrected chi connectivity index (χ1v) is 8.73. The molecule has 1 aromatic heterocycles. The number of benzene rings is 3. The van der Waals surface area contributed by atoms with Crippen molar-refractivity contribution in [2.45, 2.75) is 0 Å². The molecule has 0 bridgehead atoms. The van der Waals surface area contributed by atoms with E-state index in [0.717, 1.165) is 39.6 Å². The molecule has 0 spiro atoms. The summed E-state index contributed by atoms with van der Waals surface area (Å²) in [4.78, 5) is 0. The lowest BCUT2D eigenvalue weighted by Gasteiger charge is -2.10. The van der Waals surface area contributed by atoms with Crippen LogP contribution < -0.4 is 9.47 Å². The molecule has 4 rings (SSSR count). The Labute approximate surface area is 158 Å². The lowest BCUT2D eigenvalue weighted by molar-refractivity contribution is 0.400. The molecule has 27 heavy (non-hydrogen) atoms. The van der Waals surface area contributed by atoms with Crippen molar-refractivity contribution >= 4 is 0 Å². The maximum absolute atomic E-state index is 5.54. The van der Waals surface area contributed by atoms with Crippen molar-refractivity contribution in [3.05, 3.63) is 85.1 Å². The summed E-state index contributed by atoms with van der Waals surface area (Å²) in [6.45, 7) is 0. The van der Waals surface area contributed by atoms with E-state index in [4.69, 9.17) is 14.6 Å². The monoisotopic (exact) mass is 356 g/mol. The van der Waals surface area contributed by atoms with E-state index < -0.39 is 0 Å². The molecule has 0 fully saturated rings. The molecule has 134 valence electrons. The van der Waals surface area contributed by atoms with Gasteiger partial charge in [0, 0.05) is 23.4 Å². The number of aromatic nitrogens is 2. The van der Waals surface area contributed by atoms with E-state index in [-0.39, 0.29) is 0 Å². The third-order valence-corrected chi connectivity index (χ3v) is 4.48. The average Bonchev–Trinajstić information content (AvgIpc) is 3.20. The maximum atomic E-state index is 5.54. The van der Waals surface area contributed by atoms with Crippen molar-refractivity contribution in [1.29, 1.82) is 0 Å². The molecule has 0 radical (unpaired) electrons. The fourth-order valence-corrected chi connectivity index (χ4v) is 3.11. The largest absolute Gasteiger partial charge is 0.497 e. The standard InChI is InChI=1S/C23H20N2O2/c1-26-19-13-14-22(27-2)21(15-19)25-16-20(17-9-5-3-6-10-17)23(24-25)18-11-7-4-8-12-18/h3-16H,1-2H3. The minimum absolute atomic E-state index is 0.734. The van der Waals surface area contributed by atoms with Crippen LogP contribution >= 0.6 is 0 Å². The van der Waals surface area contributed by atoms with Crippen LogP contribution in [0.15, 0.2) is 85.1 Å². The van der Waals surface area contributed by atoms with Crippen LogP contribution in [0.1, 0.15) is 0 Å². The fraction of sp³-hybridized carbons (Fsp3) is 0.0870. The smallest absolute Gasteiger partial charge is 0.144 e. The lowest BCUT2D eigenvalue weighted by Crippen LogP contribution is -1.99. The van der Waals surface area contributed by atoms with Gasteiger partial charge < -0.3 is 9.47 Å². The van der Waals surface area contributed by atoms with E-state index in [0.29, 0.717) is 0 Å². The van der Waals surface area contributed by atoms with Gasteiger partial charge in [-0.25, -0.2) is 4.68 Å². The topological polar surface area (TPSA) is 36.3 Å². The molecule has 0 aliphatic carbocycles. The Bertz CT molecular complexity index is 984. The zero-order valence-electron chi connectivity index (χ0n) is 15.3. The third kappa shape index (κ3) is 3.29. The minimum Gasteiger partial charge on any atom is -0.497 e. The number of ether oxygens (including phenoxy) is 2. The number of hydrogen-bond acceptors (Lipinski definition) is 3. The van der Waals surface area contributed by atoms with Gasteiger partial charge in [-0.05, 0) is 17.7 Å². The summed E-state index contributed by atoms with van der Waals surface area (Å²) >= 11 is 0. The summed E-state index contributed by atoms with van der Waals surface area (Å²) in [5, 5.41) is 4.89. The van der Waals surface area contributed by atoms with E-state index in [2.05, 4.69) is 24.3 Å². The zero-order valence-corrected chi connectivity index (χ0v) is 15.3. The second kappa shape index (κ2) is 7.38. The summed E-state index contributed by atoms with van der Waals surface area (Å²) in [6, 6.07) is 26.2. The van der Waals surface area contributed by atoms with Gasteiger partial charge in [-0.15, -0.1) is 0 Å². The highest BCUT2D eigenvalue weighted by Gasteiger charge is 2.16. The third-order valence-electron chi connectivity index (χ3n) is 4.48. The summed E-state index contributed by atoms with van der Waals surface area (Å²) in [6.07, 6.45) is 2.04. The summed E-state index contributed by atoms with van der Waals surface area (Å²) in [7, 11) is 3.31. The SMILES string of the molecule is COc1ccc(OC)c(-n2cc(-c3ccccc3)c(-c3ccccc3)n2)c1. The van der Waals surface area contributed by atoms with Gasteiger partial charge in [0.2, 0.25) is 0 Å². The molecule has 0 aliphatic rings. The van der Waals surface area contributed by atoms with Crippen LogP contribution in [0.3, 0.4) is 0 Å². The van der Waals surface area contributed by atoms with Crippen molar-refractivity contribution < 1.29 is 9.47 Å². The molecule has 4 heteroatoms. The molecule has 0 amide bonds. The molecule has 0 saturated heterocycles. The predicted octanol–water partition coefficient (Wildman–Crippen LogP) is 5.22. The quantitative estimate of drug-likeness (QED) is 0.492. The fourth-order valence-electron chi connectivity index (χ4n) is 3.11. The number of rotatable bonds is 5. The summed E-state index contributed by atoms with van der Waals surface area (Å²) < 4.78 is 12.8. The lowest BCUT2D eigenvalue weighted by atomic mass is 10.0. The first-order valence-electron chi connectivity index (χ1n) is 8.73. The van der Waals surface area contributed by atoms with Gasteiger partial charge >= 0.3 is 0 Å². The Morgan fingerprint density at radius 2 is 1.41 bits per heavy atom. The van der Waals surface area contributed by atoms with Gasteiger partial charge in [-0.2, -0.15) is 5.10 Å². The molecular weight excluding hydrogens is 336 g/mol. The Kier molecular flexibility index (Phi) is 4.62. The van der Waals surface area contributed by atoms with E-state index >= 15 is 0 Å². The molecule has 0 N–H and O–H groups in total. The van der Waals surface area contributed by atoms with Gasteiger partial charge in [0.05, 0.1) is 14.2 Å². The van der Waals surface area contributed by atoms with Gasteiger partial charge in [-0.1, -0.05) is 60.7 Å². The van der Waals surface area contributed by atoms with Crippen molar-refractivity contribution in [2.75, 3.05) is 14.2 Å². The van der Waals surface area contributed by atoms with Crippen molar-refractivity contribution in [2.24, 2.45) is 0 Å². The summed E-state index contributed by atoms with van der Waals surface area (Å²) in [5.41, 5.74) is 5.00. The average molecular weight is 356 g/mol. The highest BCUT2D eigenvalue weighted by Crippen LogP contribution is 2.34. The molecule has 0 unspecified atom stereocenters. The predicted molar refractivity (Wildman–Crippen MR) is 108 cm³/mol. The van der Waals surface area contributed by atoms with E-state index in [1.54, 1.807) is 14.2 Å². The van der Waals surface area contributed by atoms with Crippen LogP contribution in [0.4, 0.5) is 0 Å². The van der Waals surface area contributed by atoms with Crippen LogP contribution in [0.5, 0.6) is 11.5 Å². The van der Waals surface area contributed by atoms with Crippen LogP contribution in [0.25, 0.3) is 28.1 Å². The Morgan fingerprint density at radius 3 is 2.04 bits per heavy atom. The molecule has 4 aromatic rings. The second-order valence-corrected chi connectivity index (χ2v) is 6.11. The van der Waals surface area contributed by atoms with Crippen LogP contribution in [-0.4, -0.2) is 24.0 Å². The van der Waals surface area contributed by atoms with Crippen LogP contribution in [-0.2, 0) is 0 Å². The minimum atomic E-state index is 0.734. The molecule has 3 aromatic carbocycles. The van der Waals surface area contributed by atoms with Crippen LogP contribution in [0, 0.1) is 0 Å². The van der Waals surface area contributed by atoms with Gasteiger partial charge in [0.1, 0.15) is 22.9 Å². The Morgan fingerprint density at radius 1 is 0.741 bits per heavy atom. The molecule has 1 heterocycles. The highest BCUT2D eigenvalue weighted by atomic mass is 16.5. The number of nitrogens with zero attached hydrogens (tertiary/aromatic N) is 2. The Hall–Kier alpha value is -3.53. The number of methoxy groups -OCH3 is 2. The zero-order chi connectivity index (χ0) is 18.6. The van der Waals surface area contributed by atoms with E-state index in [1.807, 2.05) is 65.5 Å². The first-order chi connectivity index (χ1) is 13.3. The van der Waals surface area contributed by atoms with Crippen molar-refractivity contribution in [1.82, 2.24) is 9.78 Å².